The molecule has 0 N–H and O–H groups in total. The number of thioether (sulfide) groups is 4. The first-order chi connectivity index (χ1) is 16.3. The van der Waals surface area contributed by atoms with Crippen molar-refractivity contribution in [2.24, 2.45) is 0 Å². The van der Waals surface area contributed by atoms with Crippen LogP contribution in [0.4, 0.5) is 0 Å². The first-order valence-corrected chi connectivity index (χ1v) is 14.2. The van der Waals surface area contributed by atoms with E-state index in [0.29, 0.717) is 23.0 Å². The average molecular weight is 551 g/mol. The van der Waals surface area contributed by atoms with E-state index in [9.17, 15) is 19.2 Å². The average Bonchev–Trinajstić information content (AvgIpc) is 2.84. The molecule has 0 amide bonds. The summed E-state index contributed by atoms with van der Waals surface area (Å²) in [6, 6.07) is 4.07. The highest BCUT2D eigenvalue weighted by Gasteiger charge is 2.15. The molecule has 8 nitrogen and oxygen atoms in total. The van der Waals surface area contributed by atoms with Gasteiger partial charge in [0.1, 0.15) is 0 Å². The third-order valence-corrected chi connectivity index (χ3v) is 8.66. The van der Waals surface area contributed by atoms with E-state index in [4.69, 9.17) is 18.9 Å². The predicted molar refractivity (Wildman–Crippen MR) is 136 cm³/mol. The Bertz CT molecular complexity index is 701. The highest BCUT2D eigenvalue weighted by atomic mass is 32.2. The van der Waals surface area contributed by atoms with Crippen molar-refractivity contribution in [3.63, 3.8) is 0 Å². The van der Waals surface area contributed by atoms with Crippen LogP contribution in [0.5, 0.6) is 0 Å². The maximum Gasteiger partial charge on any atom is 0.306 e. The minimum atomic E-state index is -0.282. The zero-order valence-corrected chi connectivity index (χ0v) is 23.0. The van der Waals surface area contributed by atoms with E-state index in [1.54, 1.807) is 0 Å². The highest BCUT2D eigenvalue weighted by molar-refractivity contribution is 8.03. The Balaban J connectivity index is 3.12. The number of rotatable bonds is 16. The SMILES string of the molecule is COC(=O)CCSc1cc(SCCC(=O)OC)c(SCCC(=O)OC)cc1SCCC(=O)OC. The molecule has 0 spiro atoms. The minimum absolute atomic E-state index is 0.272. The molecule has 0 heterocycles. The van der Waals surface area contributed by atoms with Crippen LogP contribution in [0.1, 0.15) is 25.7 Å². The summed E-state index contributed by atoms with van der Waals surface area (Å²) < 4.78 is 18.9. The molecule has 0 aliphatic rings. The molecule has 0 aliphatic heterocycles. The van der Waals surface area contributed by atoms with Crippen LogP contribution in [-0.2, 0) is 38.1 Å². The lowest BCUT2D eigenvalue weighted by atomic mass is 10.3. The van der Waals surface area contributed by atoms with Gasteiger partial charge >= 0.3 is 23.9 Å². The highest BCUT2D eigenvalue weighted by Crippen LogP contribution is 2.41. The Morgan fingerprint density at radius 3 is 0.882 bits per heavy atom. The van der Waals surface area contributed by atoms with Crippen LogP contribution in [0.15, 0.2) is 31.7 Å². The number of hydrogen-bond donors (Lipinski definition) is 0. The van der Waals surface area contributed by atoms with Gasteiger partial charge in [0.2, 0.25) is 0 Å². The van der Waals surface area contributed by atoms with Crippen LogP contribution >= 0.6 is 47.0 Å². The van der Waals surface area contributed by atoms with Crippen LogP contribution in [-0.4, -0.2) is 75.3 Å². The summed E-state index contributed by atoms with van der Waals surface area (Å²) in [6.45, 7) is 0. The molecule has 0 unspecified atom stereocenters. The topological polar surface area (TPSA) is 105 Å². The molecule has 1 rings (SSSR count). The minimum Gasteiger partial charge on any atom is -0.469 e. The zero-order valence-electron chi connectivity index (χ0n) is 19.7. The summed E-state index contributed by atoms with van der Waals surface area (Å²) in [7, 11) is 5.43. The number of carbonyl (C=O) groups excluding carboxylic acids is 4. The second-order valence-electron chi connectivity index (χ2n) is 6.44. The fraction of sp³-hybridized carbons (Fsp3) is 0.545. The quantitative estimate of drug-likeness (QED) is 0.166. The molecular formula is C22H30O8S4. The van der Waals surface area contributed by atoms with Gasteiger partial charge in [0.05, 0.1) is 54.1 Å². The lowest BCUT2D eigenvalue weighted by Crippen LogP contribution is -2.03. The van der Waals surface area contributed by atoms with Crippen molar-refractivity contribution in [2.75, 3.05) is 51.5 Å². The molecular weight excluding hydrogens is 521 g/mol. The maximum atomic E-state index is 11.5. The Morgan fingerprint density at radius 2 is 0.706 bits per heavy atom. The molecule has 0 fully saturated rings. The summed E-state index contributed by atoms with van der Waals surface area (Å²) in [5.74, 6) is 1.03. The van der Waals surface area contributed by atoms with Gasteiger partial charge in [-0.3, -0.25) is 19.2 Å². The van der Waals surface area contributed by atoms with Crippen molar-refractivity contribution in [1.29, 1.82) is 0 Å². The smallest absolute Gasteiger partial charge is 0.306 e. The number of benzene rings is 1. The van der Waals surface area contributed by atoms with Gasteiger partial charge in [-0.1, -0.05) is 0 Å². The van der Waals surface area contributed by atoms with E-state index in [2.05, 4.69) is 0 Å². The molecule has 0 saturated carbocycles. The second-order valence-corrected chi connectivity index (χ2v) is 11.0. The molecule has 34 heavy (non-hydrogen) atoms. The van der Waals surface area contributed by atoms with Crippen LogP contribution in [0.2, 0.25) is 0 Å². The molecule has 0 saturated heterocycles. The lowest BCUT2D eigenvalue weighted by molar-refractivity contribution is -0.141. The number of hydrogen-bond acceptors (Lipinski definition) is 12. The summed E-state index contributed by atoms with van der Waals surface area (Å²) in [5, 5.41) is 0. The number of esters is 4. The Labute approximate surface area is 217 Å². The molecule has 190 valence electrons. The summed E-state index contributed by atoms with van der Waals surface area (Å²) in [5.41, 5.74) is 0. The van der Waals surface area contributed by atoms with E-state index in [1.807, 2.05) is 12.1 Å². The van der Waals surface area contributed by atoms with Crippen LogP contribution in [0.3, 0.4) is 0 Å². The van der Waals surface area contributed by atoms with Crippen molar-refractivity contribution in [3.8, 4) is 0 Å². The van der Waals surface area contributed by atoms with E-state index >= 15 is 0 Å². The second kappa shape index (κ2) is 17.9. The van der Waals surface area contributed by atoms with Gasteiger partial charge in [-0.25, -0.2) is 0 Å². The van der Waals surface area contributed by atoms with E-state index in [-0.39, 0.29) is 49.6 Å². The van der Waals surface area contributed by atoms with E-state index in [1.165, 1.54) is 75.5 Å². The van der Waals surface area contributed by atoms with Crippen molar-refractivity contribution < 1.29 is 38.1 Å². The van der Waals surface area contributed by atoms with Gasteiger partial charge in [-0.05, 0) is 12.1 Å². The van der Waals surface area contributed by atoms with Gasteiger partial charge < -0.3 is 18.9 Å². The first kappa shape index (κ1) is 30.5. The largest absolute Gasteiger partial charge is 0.469 e. The standard InChI is InChI=1S/C22H30O8S4/c1-27-19(23)5-9-31-15-13-17(33-11-7-21(25)29-3)18(34-12-8-22(26)30-4)14-16(15)32-10-6-20(24)28-2/h13-14H,5-12H2,1-4H3. The molecule has 0 aliphatic carbocycles. The van der Waals surface area contributed by atoms with E-state index in [0.717, 1.165) is 19.6 Å². The molecule has 12 heteroatoms. The first-order valence-electron chi connectivity index (χ1n) is 10.3. The predicted octanol–water partition coefficient (Wildman–Crippen LogP) is 4.31. The molecule has 0 bridgehead atoms. The Kier molecular flexibility index (Phi) is 16.0. The maximum absolute atomic E-state index is 11.5. The molecule has 1 aromatic carbocycles. The lowest BCUT2D eigenvalue weighted by Gasteiger charge is -2.15. The summed E-state index contributed by atoms with van der Waals surface area (Å²) in [4.78, 5) is 50.0. The van der Waals surface area contributed by atoms with Crippen molar-refractivity contribution in [1.82, 2.24) is 0 Å². The monoisotopic (exact) mass is 550 g/mol. The van der Waals surface area contributed by atoms with E-state index < -0.39 is 0 Å². The Hall–Kier alpha value is -1.50. The third-order valence-electron chi connectivity index (χ3n) is 4.18. The fourth-order valence-electron chi connectivity index (χ4n) is 2.36. The molecule has 0 radical (unpaired) electrons. The van der Waals surface area contributed by atoms with Crippen LogP contribution in [0, 0.1) is 0 Å². The number of methoxy groups -OCH3 is 4. The van der Waals surface area contributed by atoms with Crippen molar-refractivity contribution in [3.05, 3.63) is 12.1 Å². The zero-order chi connectivity index (χ0) is 25.3. The van der Waals surface area contributed by atoms with Crippen LogP contribution in [0.25, 0.3) is 0 Å². The van der Waals surface area contributed by atoms with Gasteiger partial charge in [0.25, 0.3) is 0 Å². The number of ether oxygens (including phenoxy) is 4. The van der Waals surface area contributed by atoms with Crippen molar-refractivity contribution >= 4 is 70.9 Å². The normalized spacial score (nSPS) is 10.5. The summed E-state index contributed by atoms with van der Waals surface area (Å²) >= 11 is 6.11. The molecule has 0 atom stereocenters. The van der Waals surface area contributed by atoms with Crippen molar-refractivity contribution in [2.45, 2.75) is 45.3 Å². The Morgan fingerprint density at radius 1 is 0.500 bits per heavy atom. The van der Waals surface area contributed by atoms with Gasteiger partial charge in [-0.15, -0.1) is 47.0 Å². The van der Waals surface area contributed by atoms with Gasteiger partial charge in [0.15, 0.2) is 0 Å². The van der Waals surface area contributed by atoms with Gasteiger partial charge in [0, 0.05) is 42.6 Å². The number of carbonyl (C=O) groups is 4. The summed E-state index contributed by atoms with van der Waals surface area (Å²) in [6.07, 6.45) is 1.09. The third kappa shape index (κ3) is 12.3. The molecule has 0 aromatic heterocycles. The molecule has 1 aromatic rings. The van der Waals surface area contributed by atoms with Gasteiger partial charge in [-0.2, -0.15) is 0 Å². The fourth-order valence-corrected chi connectivity index (χ4v) is 6.78. The van der Waals surface area contributed by atoms with Crippen LogP contribution < -0.4 is 0 Å².